The minimum absolute atomic E-state index is 0.197. The lowest BCUT2D eigenvalue weighted by Gasteiger charge is -2.29. The first-order valence-corrected chi connectivity index (χ1v) is 7.11. The minimum Gasteiger partial charge on any atom is -0.468 e. The number of carbonyl (C=O) groups is 1. The molecule has 4 nitrogen and oxygen atoms in total. The summed E-state index contributed by atoms with van der Waals surface area (Å²) >= 11 is 0. The first-order chi connectivity index (χ1) is 8.69. The molecule has 18 heavy (non-hydrogen) atoms. The molecule has 0 spiro atoms. The Hall–Kier alpha value is -0.610. The fraction of sp³-hybridized carbons (Fsp3) is 0.929. The smallest absolute Gasteiger partial charge is 0.322 e. The maximum Gasteiger partial charge on any atom is 0.322 e. The van der Waals surface area contributed by atoms with E-state index in [-0.39, 0.29) is 12.0 Å². The molecule has 1 rings (SSSR count). The van der Waals surface area contributed by atoms with Gasteiger partial charge in [-0.2, -0.15) is 0 Å². The molecule has 0 saturated heterocycles. The van der Waals surface area contributed by atoms with Crippen LogP contribution in [0, 0.1) is 5.92 Å². The molecule has 4 heteroatoms. The third-order valence-corrected chi connectivity index (χ3v) is 3.71. The van der Waals surface area contributed by atoms with Gasteiger partial charge in [-0.1, -0.05) is 26.7 Å². The number of carbonyl (C=O) groups excluding carboxylic acids is 1. The molecule has 0 aromatic heterocycles. The Kier molecular flexibility index (Phi) is 7.28. The van der Waals surface area contributed by atoms with E-state index in [1.165, 1.54) is 26.4 Å². The van der Waals surface area contributed by atoms with Crippen molar-refractivity contribution in [2.24, 2.45) is 5.92 Å². The van der Waals surface area contributed by atoms with Gasteiger partial charge in [-0.05, 0) is 31.7 Å². The molecule has 0 aromatic rings. The van der Waals surface area contributed by atoms with Gasteiger partial charge in [0.2, 0.25) is 0 Å². The summed E-state index contributed by atoms with van der Waals surface area (Å²) in [6.45, 7) is 5.63. The van der Waals surface area contributed by atoms with Crippen molar-refractivity contribution in [3.8, 4) is 0 Å². The van der Waals surface area contributed by atoms with E-state index in [1.807, 2.05) is 6.92 Å². The molecule has 3 atom stereocenters. The lowest BCUT2D eigenvalue weighted by molar-refractivity contribution is -0.144. The molecular weight excluding hydrogens is 230 g/mol. The first kappa shape index (κ1) is 15.4. The van der Waals surface area contributed by atoms with Gasteiger partial charge in [0.05, 0.1) is 13.2 Å². The highest BCUT2D eigenvalue weighted by Crippen LogP contribution is 2.26. The first-order valence-electron chi connectivity index (χ1n) is 7.11. The highest BCUT2D eigenvalue weighted by molar-refractivity contribution is 5.75. The van der Waals surface area contributed by atoms with Gasteiger partial charge in [-0.3, -0.25) is 4.79 Å². The Labute approximate surface area is 110 Å². The zero-order valence-corrected chi connectivity index (χ0v) is 11.9. The Morgan fingerprint density at radius 2 is 2.11 bits per heavy atom. The summed E-state index contributed by atoms with van der Waals surface area (Å²) in [5.41, 5.74) is 0. The van der Waals surface area contributed by atoms with Crippen LogP contribution in [0.25, 0.3) is 0 Å². The molecule has 1 fully saturated rings. The summed E-state index contributed by atoms with van der Waals surface area (Å²) in [7, 11) is 1.43. The molecule has 0 amide bonds. The summed E-state index contributed by atoms with van der Waals surface area (Å²) in [6, 6.07) is -0.237. The Morgan fingerprint density at radius 3 is 2.72 bits per heavy atom. The number of hydrogen-bond donors (Lipinski definition) is 1. The standard InChI is InChI=1S/C14H27NO3/c1-4-15-12(14(16)17-3)9-10-18-13-8-6-5-7-11(13)2/h11-13,15H,4-10H2,1-3H3. The van der Waals surface area contributed by atoms with Gasteiger partial charge >= 0.3 is 5.97 Å². The van der Waals surface area contributed by atoms with Crippen molar-refractivity contribution in [3.05, 3.63) is 0 Å². The lowest BCUT2D eigenvalue weighted by atomic mass is 9.88. The monoisotopic (exact) mass is 257 g/mol. The molecule has 1 aliphatic rings. The molecule has 1 N–H and O–H groups in total. The van der Waals surface area contributed by atoms with Crippen LogP contribution in [0.15, 0.2) is 0 Å². The van der Waals surface area contributed by atoms with E-state index in [2.05, 4.69) is 12.2 Å². The van der Waals surface area contributed by atoms with Crippen molar-refractivity contribution in [1.82, 2.24) is 5.32 Å². The SMILES string of the molecule is CCNC(CCOC1CCCCC1C)C(=O)OC. The van der Waals surface area contributed by atoms with Gasteiger partial charge in [-0.25, -0.2) is 0 Å². The largest absolute Gasteiger partial charge is 0.468 e. The van der Waals surface area contributed by atoms with Gasteiger partial charge in [0.25, 0.3) is 0 Å². The number of methoxy groups -OCH3 is 1. The molecule has 1 saturated carbocycles. The van der Waals surface area contributed by atoms with Crippen molar-refractivity contribution >= 4 is 5.97 Å². The Morgan fingerprint density at radius 1 is 1.39 bits per heavy atom. The van der Waals surface area contributed by atoms with Crippen molar-refractivity contribution < 1.29 is 14.3 Å². The predicted octanol–water partition coefficient (Wildman–Crippen LogP) is 2.12. The minimum atomic E-state index is -0.237. The molecule has 0 bridgehead atoms. The normalized spacial score (nSPS) is 25.7. The number of ether oxygens (including phenoxy) is 2. The predicted molar refractivity (Wildman–Crippen MR) is 71.5 cm³/mol. The van der Waals surface area contributed by atoms with Crippen LogP contribution in [0.3, 0.4) is 0 Å². The topological polar surface area (TPSA) is 47.6 Å². The second-order valence-electron chi connectivity index (χ2n) is 5.09. The maximum absolute atomic E-state index is 11.5. The highest BCUT2D eigenvalue weighted by Gasteiger charge is 2.23. The van der Waals surface area contributed by atoms with E-state index in [1.54, 1.807) is 0 Å². The van der Waals surface area contributed by atoms with E-state index in [9.17, 15) is 4.79 Å². The number of nitrogens with one attached hydrogen (secondary N) is 1. The summed E-state index contributed by atoms with van der Waals surface area (Å²) in [5, 5.41) is 3.13. The van der Waals surface area contributed by atoms with Gasteiger partial charge in [-0.15, -0.1) is 0 Å². The highest BCUT2D eigenvalue weighted by atomic mass is 16.5. The maximum atomic E-state index is 11.5. The van der Waals surface area contributed by atoms with Crippen LogP contribution < -0.4 is 5.32 Å². The molecule has 0 radical (unpaired) electrons. The van der Waals surface area contributed by atoms with Crippen molar-refractivity contribution in [1.29, 1.82) is 0 Å². The number of rotatable bonds is 7. The van der Waals surface area contributed by atoms with Crippen molar-refractivity contribution in [2.75, 3.05) is 20.3 Å². The van der Waals surface area contributed by atoms with Crippen LogP contribution in [0.4, 0.5) is 0 Å². The molecular formula is C14H27NO3. The van der Waals surface area contributed by atoms with Crippen molar-refractivity contribution in [3.63, 3.8) is 0 Å². The van der Waals surface area contributed by atoms with Gasteiger partial charge in [0.1, 0.15) is 6.04 Å². The quantitative estimate of drug-likeness (QED) is 0.710. The number of esters is 1. The summed E-state index contributed by atoms with van der Waals surface area (Å²) in [6.07, 6.45) is 6.07. The van der Waals surface area contributed by atoms with Crippen LogP contribution in [-0.4, -0.2) is 38.4 Å². The van der Waals surface area contributed by atoms with Crippen LogP contribution in [0.5, 0.6) is 0 Å². The van der Waals surface area contributed by atoms with E-state index in [0.29, 0.717) is 25.0 Å². The molecule has 106 valence electrons. The Bertz CT molecular complexity index is 245. The second kappa shape index (κ2) is 8.48. The summed E-state index contributed by atoms with van der Waals surface area (Å²) in [5.74, 6) is 0.451. The summed E-state index contributed by atoms with van der Waals surface area (Å²) in [4.78, 5) is 11.5. The fourth-order valence-corrected chi connectivity index (χ4v) is 2.56. The fourth-order valence-electron chi connectivity index (χ4n) is 2.56. The van der Waals surface area contributed by atoms with E-state index in [0.717, 1.165) is 13.0 Å². The zero-order valence-electron chi connectivity index (χ0n) is 11.9. The number of hydrogen-bond acceptors (Lipinski definition) is 4. The molecule has 0 aliphatic heterocycles. The van der Waals surface area contributed by atoms with Gasteiger partial charge < -0.3 is 14.8 Å². The third kappa shape index (κ3) is 4.94. The van der Waals surface area contributed by atoms with Gasteiger partial charge in [0.15, 0.2) is 0 Å². The van der Waals surface area contributed by atoms with Crippen LogP contribution in [-0.2, 0) is 14.3 Å². The Balaban J connectivity index is 2.26. The molecule has 0 aromatic carbocycles. The van der Waals surface area contributed by atoms with E-state index in [4.69, 9.17) is 9.47 Å². The van der Waals surface area contributed by atoms with Crippen molar-refractivity contribution in [2.45, 2.75) is 58.1 Å². The second-order valence-corrected chi connectivity index (χ2v) is 5.09. The molecule has 1 aliphatic carbocycles. The van der Waals surface area contributed by atoms with E-state index < -0.39 is 0 Å². The zero-order chi connectivity index (χ0) is 13.4. The third-order valence-electron chi connectivity index (χ3n) is 3.71. The average molecular weight is 257 g/mol. The van der Waals surface area contributed by atoms with Crippen LogP contribution in [0.1, 0.15) is 46.0 Å². The van der Waals surface area contributed by atoms with E-state index >= 15 is 0 Å². The van der Waals surface area contributed by atoms with Crippen LogP contribution >= 0.6 is 0 Å². The lowest BCUT2D eigenvalue weighted by Crippen LogP contribution is -2.39. The van der Waals surface area contributed by atoms with Crippen LogP contribution in [0.2, 0.25) is 0 Å². The average Bonchev–Trinajstić information content (AvgIpc) is 2.39. The molecule has 0 heterocycles. The molecule has 3 unspecified atom stereocenters. The van der Waals surface area contributed by atoms with Gasteiger partial charge in [0, 0.05) is 6.61 Å². The summed E-state index contributed by atoms with van der Waals surface area (Å²) < 4.78 is 10.7. The number of likely N-dealkylation sites (N-methyl/N-ethyl adjacent to an activating group) is 1.